The van der Waals surface area contributed by atoms with E-state index in [1.807, 2.05) is 30.6 Å². The van der Waals surface area contributed by atoms with Crippen molar-refractivity contribution in [2.75, 3.05) is 0 Å². The van der Waals surface area contributed by atoms with Crippen molar-refractivity contribution in [2.45, 2.75) is 59.3 Å². The fourth-order valence-corrected chi connectivity index (χ4v) is 6.09. The van der Waals surface area contributed by atoms with Crippen LogP contribution in [0.4, 0.5) is 0 Å². The van der Waals surface area contributed by atoms with Crippen molar-refractivity contribution >= 4 is 22.1 Å². The van der Waals surface area contributed by atoms with E-state index < -0.39 is 0 Å². The predicted octanol–water partition coefficient (Wildman–Crippen LogP) is 9.98. The molecular weight excluding hydrogens is 755 g/mol. The van der Waals surface area contributed by atoms with Gasteiger partial charge in [-0.1, -0.05) is 71.5 Å². The van der Waals surface area contributed by atoms with Crippen molar-refractivity contribution in [3.05, 3.63) is 149 Å². The van der Waals surface area contributed by atoms with Gasteiger partial charge < -0.3 is 14.4 Å². The van der Waals surface area contributed by atoms with E-state index in [1.165, 1.54) is 46.2 Å². The summed E-state index contributed by atoms with van der Waals surface area (Å²) in [6.45, 7) is 6.24. The summed E-state index contributed by atoms with van der Waals surface area (Å²) in [6.07, 6.45) is 10.6. The largest absolute Gasteiger partial charge is 0.486 e. The zero-order chi connectivity index (χ0) is 31.5. The molecule has 1 radical (unpaired) electrons. The molecule has 5 heteroatoms. The molecule has 4 nitrogen and oxygen atoms in total. The summed E-state index contributed by atoms with van der Waals surface area (Å²) in [5.41, 5.74) is 14.3. The Bertz CT molecular complexity index is 2130. The second-order valence-electron chi connectivity index (χ2n) is 12.3. The van der Waals surface area contributed by atoms with Crippen LogP contribution in [0.2, 0.25) is 0 Å². The third-order valence-corrected chi connectivity index (χ3v) is 8.97. The van der Waals surface area contributed by atoms with Crippen molar-refractivity contribution in [3.8, 4) is 22.5 Å². The summed E-state index contributed by atoms with van der Waals surface area (Å²) in [5.74, 6) is 0. The number of hydrogen-bond acceptors (Lipinski definition) is 4. The molecule has 3 aromatic carbocycles. The van der Waals surface area contributed by atoms with Gasteiger partial charge in [-0.2, -0.15) is 0 Å². The Morgan fingerprint density at radius 1 is 0.723 bits per heavy atom. The molecule has 7 aromatic rings. The van der Waals surface area contributed by atoms with E-state index in [4.69, 9.17) is 14.4 Å². The molecule has 0 amide bonds. The minimum Gasteiger partial charge on any atom is -0.486 e. The average Bonchev–Trinajstić information content (AvgIpc) is 3.48. The Morgan fingerprint density at radius 2 is 1.53 bits per heavy atom. The molecule has 8 rings (SSSR count). The van der Waals surface area contributed by atoms with Gasteiger partial charge >= 0.3 is 0 Å². The minimum absolute atomic E-state index is 0. The number of aryl methyl sites for hydroxylation is 7. The van der Waals surface area contributed by atoms with Gasteiger partial charge in [-0.15, -0.1) is 53.6 Å². The first kappa shape index (κ1) is 32.5. The van der Waals surface area contributed by atoms with E-state index >= 15 is 0 Å². The molecule has 47 heavy (non-hydrogen) atoms. The molecule has 4 heterocycles. The van der Waals surface area contributed by atoms with Gasteiger partial charge in [-0.05, 0) is 92.6 Å². The molecule has 0 fully saturated rings. The summed E-state index contributed by atoms with van der Waals surface area (Å²) < 4.78 is 6.29. The zero-order valence-electron chi connectivity index (χ0n) is 27.1. The van der Waals surface area contributed by atoms with Gasteiger partial charge in [0.2, 0.25) is 5.71 Å². The first-order chi connectivity index (χ1) is 22.5. The molecule has 0 unspecified atom stereocenters. The molecule has 1 aliphatic carbocycles. The zero-order valence-corrected chi connectivity index (χ0v) is 29.5. The molecule has 0 saturated carbocycles. The summed E-state index contributed by atoms with van der Waals surface area (Å²) in [7, 11) is 0. The fraction of sp³-hybridized carbons (Fsp3) is 0.214. The van der Waals surface area contributed by atoms with Gasteiger partial charge in [0.1, 0.15) is 0 Å². The van der Waals surface area contributed by atoms with Crippen molar-refractivity contribution < 1.29 is 24.5 Å². The maximum Gasteiger partial charge on any atom is 0.216 e. The second-order valence-corrected chi connectivity index (χ2v) is 12.3. The summed E-state index contributed by atoms with van der Waals surface area (Å²) in [4.78, 5) is 14.0. The smallest absolute Gasteiger partial charge is 0.216 e. The van der Waals surface area contributed by atoms with Crippen LogP contribution < -0.4 is 0 Å². The van der Waals surface area contributed by atoms with E-state index in [9.17, 15) is 0 Å². The van der Waals surface area contributed by atoms with Crippen molar-refractivity contribution in [1.29, 1.82) is 0 Å². The van der Waals surface area contributed by atoms with Gasteiger partial charge in [-0.3, -0.25) is 0 Å². The number of fused-ring (bicyclic) bond motifs is 4. The molecule has 4 aromatic heterocycles. The van der Waals surface area contributed by atoms with Crippen LogP contribution in [0.5, 0.6) is 0 Å². The number of aromatic nitrogens is 3. The SMILES string of the molecule is Cc1c[c-]c(-c2cc(C)c(C)cn2)cc1.[Ir].[c-]1ccc2c(oc3nc(CCc4ccccc4)ccc32)c1-c1cc2c(cn1)CCCC2. The Kier molecular flexibility index (Phi) is 10.1. The van der Waals surface area contributed by atoms with Crippen molar-refractivity contribution in [1.82, 2.24) is 15.0 Å². The summed E-state index contributed by atoms with van der Waals surface area (Å²) >= 11 is 0. The van der Waals surface area contributed by atoms with Crippen molar-refractivity contribution in [3.63, 3.8) is 0 Å². The monoisotopic (exact) mass is 792 g/mol. The van der Waals surface area contributed by atoms with Gasteiger partial charge in [0.25, 0.3) is 0 Å². The van der Waals surface area contributed by atoms with Crippen LogP contribution in [0.15, 0.2) is 102 Å². The van der Waals surface area contributed by atoms with Gasteiger partial charge in [0.05, 0.1) is 5.58 Å². The third kappa shape index (κ3) is 7.27. The van der Waals surface area contributed by atoms with Crippen LogP contribution in [-0.4, -0.2) is 15.0 Å². The number of furan rings is 1. The van der Waals surface area contributed by atoms with Crippen LogP contribution in [0.1, 0.15) is 51.9 Å². The minimum atomic E-state index is 0. The first-order valence-corrected chi connectivity index (χ1v) is 16.2. The topological polar surface area (TPSA) is 51.8 Å². The molecule has 0 bridgehead atoms. The molecule has 237 valence electrons. The van der Waals surface area contributed by atoms with Crippen LogP contribution in [0, 0.1) is 32.9 Å². The number of hydrogen-bond donors (Lipinski definition) is 0. The molecule has 1 aliphatic rings. The number of pyridine rings is 3. The standard InChI is InChI=1S/C28H23N2O.C14H14N.Ir/c1-2-7-19(8-3-1)13-14-22-15-16-24-23-11-6-12-25(27(23)31-28(24)30-22)26-17-20-9-4-5-10-21(20)18-29-26;1-10-4-6-13(7-5-10)14-8-11(2)12(3)9-15-14;/h1-3,6-8,11,15-18H,4-5,9-10,13-14H2;4-6,8-9H,1-3H3;/q2*-1;. The molecule has 0 saturated heterocycles. The van der Waals surface area contributed by atoms with Crippen LogP contribution in [0.25, 0.3) is 44.6 Å². The normalized spacial score (nSPS) is 12.2. The Labute approximate surface area is 290 Å². The van der Waals surface area contributed by atoms with E-state index in [0.29, 0.717) is 5.71 Å². The van der Waals surface area contributed by atoms with Crippen LogP contribution in [0.3, 0.4) is 0 Å². The van der Waals surface area contributed by atoms with E-state index in [-0.39, 0.29) is 20.1 Å². The Morgan fingerprint density at radius 3 is 2.32 bits per heavy atom. The summed E-state index contributed by atoms with van der Waals surface area (Å²) in [5, 5.41) is 2.12. The Hall–Kier alpha value is -4.44. The quantitative estimate of drug-likeness (QED) is 0.163. The average molecular weight is 792 g/mol. The molecule has 0 atom stereocenters. The molecule has 0 N–H and O–H groups in total. The number of rotatable bonds is 5. The van der Waals surface area contributed by atoms with E-state index in [1.54, 1.807) is 0 Å². The van der Waals surface area contributed by atoms with Crippen LogP contribution in [-0.2, 0) is 45.8 Å². The van der Waals surface area contributed by atoms with Gasteiger partial charge in [-0.25, -0.2) is 4.98 Å². The van der Waals surface area contributed by atoms with Gasteiger partial charge in [0.15, 0.2) is 0 Å². The van der Waals surface area contributed by atoms with Gasteiger partial charge in [0, 0.05) is 43.6 Å². The number of nitrogens with zero attached hydrogens (tertiary/aromatic N) is 3. The molecule has 0 aliphatic heterocycles. The maximum absolute atomic E-state index is 6.29. The van der Waals surface area contributed by atoms with E-state index in [0.717, 1.165) is 70.2 Å². The summed E-state index contributed by atoms with van der Waals surface area (Å²) in [6, 6.07) is 35.9. The predicted molar refractivity (Wildman–Crippen MR) is 187 cm³/mol. The molecular formula is C42H37IrN3O-2. The Balaban J connectivity index is 0.000000204. The molecule has 0 spiro atoms. The second kappa shape index (κ2) is 14.5. The fourth-order valence-electron chi connectivity index (χ4n) is 6.09. The third-order valence-electron chi connectivity index (χ3n) is 8.97. The number of benzene rings is 3. The van der Waals surface area contributed by atoms with Crippen molar-refractivity contribution in [2.24, 2.45) is 0 Å². The van der Waals surface area contributed by atoms with E-state index in [2.05, 4.69) is 105 Å². The van der Waals surface area contributed by atoms with Crippen LogP contribution >= 0.6 is 0 Å². The first-order valence-electron chi connectivity index (χ1n) is 16.2. The maximum atomic E-state index is 6.29.